The minimum atomic E-state index is -0.422. The van der Waals surface area contributed by atoms with Crippen LogP contribution in [-0.2, 0) is 0 Å². The molecule has 2 heterocycles. The smallest absolute Gasteiger partial charge is 0.0957 e. The minimum Gasteiger partial charge on any atom is -0.387 e. The van der Waals surface area contributed by atoms with Crippen molar-refractivity contribution < 1.29 is 5.11 Å². The maximum Gasteiger partial charge on any atom is 0.0957 e. The number of anilines is 1. The lowest BCUT2D eigenvalue weighted by molar-refractivity contribution is 0.169. The molecule has 0 radical (unpaired) electrons. The molecule has 104 valence electrons. The average Bonchev–Trinajstić information content (AvgIpc) is 2.95. The van der Waals surface area contributed by atoms with E-state index in [1.54, 1.807) is 0 Å². The van der Waals surface area contributed by atoms with E-state index in [0.717, 1.165) is 24.1 Å². The molecule has 1 saturated carbocycles. The Balaban J connectivity index is 1.77. The van der Waals surface area contributed by atoms with Crippen molar-refractivity contribution in [3.8, 4) is 0 Å². The van der Waals surface area contributed by atoms with Gasteiger partial charge < -0.3 is 10.0 Å². The summed E-state index contributed by atoms with van der Waals surface area (Å²) in [6.45, 7) is 3.15. The summed E-state index contributed by atoms with van der Waals surface area (Å²) >= 11 is 0. The Labute approximate surface area is 115 Å². The number of piperidine rings is 1. The Bertz CT molecular complexity index is 417. The molecule has 1 aromatic heterocycles. The van der Waals surface area contributed by atoms with Crippen LogP contribution in [0, 0.1) is 5.92 Å². The molecular weight excluding hydrogens is 236 g/mol. The zero-order valence-electron chi connectivity index (χ0n) is 11.8. The molecule has 0 amide bonds. The van der Waals surface area contributed by atoms with Gasteiger partial charge in [-0.05, 0) is 50.2 Å². The van der Waals surface area contributed by atoms with Gasteiger partial charge in [0.1, 0.15) is 0 Å². The highest BCUT2D eigenvalue weighted by Crippen LogP contribution is 2.38. The van der Waals surface area contributed by atoms with Crippen molar-refractivity contribution >= 4 is 5.69 Å². The highest BCUT2D eigenvalue weighted by Gasteiger charge is 2.35. The van der Waals surface area contributed by atoms with Crippen LogP contribution in [-0.4, -0.2) is 22.7 Å². The fourth-order valence-electron chi connectivity index (χ4n) is 3.75. The SMILES string of the molecule is CCC(O)c1ccc(N2CCCC3CCCC32)cn1. The third kappa shape index (κ3) is 2.48. The van der Waals surface area contributed by atoms with E-state index in [1.807, 2.05) is 19.2 Å². The molecule has 1 N–H and O–H groups in total. The Morgan fingerprint density at radius 2 is 2.16 bits per heavy atom. The molecule has 3 atom stereocenters. The molecule has 0 spiro atoms. The number of nitrogens with zero attached hydrogens (tertiary/aromatic N) is 2. The van der Waals surface area contributed by atoms with Crippen LogP contribution < -0.4 is 4.90 Å². The number of pyridine rings is 1. The van der Waals surface area contributed by atoms with Crippen LogP contribution in [0.2, 0.25) is 0 Å². The lowest BCUT2D eigenvalue weighted by Gasteiger charge is -2.39. The second-order valence-electron chi connectivity index (χ2n) is 5.96. The van der Waals surface area contributed by atoms with E-state index in [0.29, 0.717) is 0 Å². The molecule has 2 aliphatic rings. The van der Waals surface area contributed by atoms with Gasteiger partial charge in [-0.25, -0.2) is 0 Å². The van der Waals surface area contributed by atoms with E-state index >= 15 is 0 Å². The lowest BCUT2D eigenvalue weighted by atomic mass is 9.91. The summed E-state index contributed by atoms with van der Waals surface area (Å²) < 4.78 is 0. The minimum absolute atomic E-state index is 0.422. The Morgan fingerprint density at radius 1 is 1.32 bits per heavy atom. The highest BCUT2D eigenvalue weighted by molar-refractivity contribution is 5.47. The standard InChI is InChI=1S/C16H24N2O/c1-2-16(19)14-9-8-13(11-17-14)18-10-4-6-12-5-3-7-15(12)18/h8-9,11-12,15-16,19H,2-7,10H2,1H3. The van der Waals surface area contributed by atoms with Crippen molar-refractivity contribution in [2.45, 2.75) is 57.6 Å². The van der Waals surface area contributed by atoms with Crippen molar-refractivity contribution in [3.63, 3.8) is 0 Å². The summed E-state index contributed by atoms with van der Waals surface area (Å²) in [6.07, 6.45) is 9.09. The molecule has 3 rings (SSSR count). The summed E-state index contributed by atoms with van der Waals surface area (Å²) in [6, 6.07) is 4.86. The molecule has 19 heavy (non-hydrogen) atoms. The van der Waals surface area contributed by atoms with Crippen LogP contribution in [0.25, 0.3) is 0 Å². The Kier molecular flexibility index (Phi) is 3.74. The van der Waals surface area contributed by atoms with E-state index in [4.69, 9.17) is 0 Å². The molecule has 1 saturated heterocycles. The number of fused-ring (bicyclic) bond motifs is 1. The summed E-state index contributed by atoms with van der Waals surface area (Å²) in [5.41, 5.74) is 2.04. The van der Waals surface area contributed by atoms with E-state index in [1.165, 1.54) is 44.3 Å². The quantitative estimate of drug-likeness (QED) is 0.906. The van der Waals surface area contributed by atoms with Gasteiger partial charge in [-0.2, -0.15) is 0 Å². The summed E-state index contributed by atoms with van der Waals surface area (Å²) in [5.74, 6) is 0.898. The fraction of sp³-hybridized carbons (Fsp3) is 0.688. The number of hydrogen-bond acceptors (Lipinski definition) is 3. The largest absolute Gasteiger partial charge is 0.387 e. The number of rotatable bonds is 3. The van der Waals surface area contributed by atoms with Gasteiger partial charge in [0, 0.05) is 12.6 Å². The first-order chi connectivity index (χ1) is 9.29. The molecule has 3 heteroatoms. The topological polar surface area (TPSA) is 36.4 Å². The van der Waals surface area contributed by atoms with Crippen molar-refractivity contribution in [1.82, 2.24) is 4.98 Å². The van der Waals surface area contributed by atoms with Gasteiger partial charge in [-0.1, -0.05) is 13.3 Å². The average molecular weight is 260 g/mol. The Morgan fingerprint density at radius 3 is 2.89 bits per heavy atom. The molecule has 3 unspecified atom stereocenters. The van der Waals surface area contributed by atoms with Gasteiger partial charge >= 0.3 is 0 Å². The van der Waals surface area contributed by atoms with Crippen molar-refractivity contribution in [2.75, 3.05) is 11.4 Å². The van der Waals surface area contributed by atoms with Crippen LogP contribution in [0.4, 0.5) is 5.69 Å². The number of aliphatic hydroxyl groups excluding tert-OH is 1. The molecule has 3 nitrogen and oxygen atoms in total. The zero-order valence-corrected chi connectivity index (χ0v) is 11.8. The fourth-order valence-corrected chi connectivity index (χ4v) is 3.75. The highest BCUT2D eigenvalue weighted by atomic mass is 16.3. The molecule has 2 fully saturated rings. The maximum absolute atomic E-state index is 9.80. The van der Waals surface area contributed by atoms with Crippen molar-refractivity contribution in [1.29, 1.82) is 0 Å². The number of aromatic nitrogens is 1. The molecule has 0 bridgehead atoms. The molecule has 0 aromatic carbocycles. The first-order valence-corrected chi connectivity index (χ1v) is 7.70. The van der Waals surface area contributed by atoms with E-state index in [2.05, 4.69) is 16.0 Å². The van der Waals surface area contributed by atoms with Gasteiger partial charge in [0.15, 0.2) is 0 Å². The van der Waals surface area contributed by atoms with Crippen LogP contribution in [0.15, 0.2) is 18.3 Å². The zero-order chi connectivity index (χ0) is 13.2. The third-order valence-corrected chi connectivity index (χ3v) is 4.82. The maximum atomic E-state index is 9.80. The first kappa shape index (κ1) is 12.9. The molecular formula is C16H24N2O. The number of hydrogen-bond donors (Lipinski definition) is 1. The van der Waals surface area contributed by atoms with Crippen LogP contribution in [0.5, 0.6) is 0 Å². The molecule has 1 aromatic rings. The third-order valence-electron chi connectivity index (χ3n) is 4.82. The second kappa shape index (κ2) is 5.49. The van der Waals surface area contributed by atoms with Crippen molar-refractivity contribution in [2.24, 2.45) is 5.92 Å². The van der Waals surface area contributed by atoms with Crippen LogP contribution >= 0.6 is 0 Å². The predicted octanol–water partition coefficient (Wildman–Crippen LogP) is 3.29. The lowest BCUT2D eigenvalue weighted by Crippen LogP contribution is -2.42. The van der Waals surface area contributed by atoms with Gasteiger partial charge in [0.2, 0.25) is 0 Å². The van der Waals surface area contributed by atoms with Gasteiger partial charge in [0.25, 0.3) is 0 Å². The van der Waals surface area contributed by atoms with E-state index < -0.39 is 6.10 Å². The molecule has 1 aliphatic heterocycles. The van der Waals surface area contributed by atoms with Crippen LogP contribution in [0.3, 0.4) is 0 Å². The van der Waals surface area contributed by atoms with Gasteiger partial charge in [-0.15, -0.1) is 0 Å². The predicted molar refractivity (Wildman–Crippen MR) is 77.2 cm³/mol. The van der Waals surface area contributed by atoms with Crippen molar-refractivity contribution in [3.05, 3.63) is 24.0 Å². The Hall–Kier alpha value is -1.09. The summed E-state index contributed by atoms with van der Waals surface area (Å²) in [7, 11) is 0. The normalized spacial score (nSPS) is 28.2. The second-order valence-corrected chi connectivity index (χ2v) is 5.96. The summed E-state index contributed by atoms with van der Waals surface area (Å²) in [5, 5.41) is 9.80. The van der Waals surface area contributed by atoms with Gasteiger partial charge in [0.05, 0.1) is 23.7 Å². The monoisotopic (exact) mass is 260 g/mol. The van der Waals surface area contributed by atoms with Gasteiger partial charge in [-0.3, -0.25) is 4.98 Å². The van der Waals surface area contributed by atoms with E-state index in [-0.39, 0.29) is 0 Å². The van der Waals surface area contributed by atoms with Crippen LogP contribution in [0.1, 0.15) is 57.2 Å². The first-order valence-electron chi connectivity index (χ1n) is 7.70. The number of aliphatic hydroxyl groups is 1. The van der Waals surface area contributed by atoms with E-state index in [9.17, 15) is 5.11 Å². The summed E-state index contributed by atoms with van der Waals surface area (Å²) in [4.78, 5) is 7.00. The molecule has 1 aliphatic carbocycles.